The Morgan fingerprint density at radius 1 is 1.44 bits per heavy atom. The SMILES string of the molecule is CCNC(C)(C)C(=O)Nc1ccsc1C(=O)OC. The molecule has 0 fully saturated rings. The van der Waals surface area contributed by atoms with Crippen molar-refractivity contribution < 1.29 is 14.3 Å². The van der Waals surface area contributed by atoms with E-state index in [1.165, 1.54) is 18.4 Å². The molecule has 1 heterocycles. The molecule has 1 amide bonds. The summed E-state index contributed by atoms with van der Waals surface area (Å²) in [5.74, 6) is -0.630. The van der Waals surface area contributed by atoms with Crippen molar-refractivity contribution in [1.29, 1.82) is 0 Å². The first-order valence-corrected chi connectivity index (χ1v) is 6.52. The summed E-state index contributed by atoms with van der Waals surface area (Å²) < 4.78 is 4.65. The summed E-state index contributed by atoms with van der Waals surface area (Å²) in [5.41, 5.74) is -0.202. The molecule has 2 N–H and O–H groups in total. The van der Waals surface area contributed by atoms with Crippen LogP contribution in [0.5, 0.6) is 0 Å². The molecule has 0 aliphatic heterocycles. The van der Waals surface area contributed by atoms with Crippen LogP contribution in [0.25, 0.3) is 0 Å². The lowest BCUT2D eigenvalue weighted by molar-refractivity contribution is -0.121. The van der Waals surface area contributed by atoms with E-state index in [0.717, 1.165) is 0 Å². The summed E-state index contributed by atoms with van der Waals surface area (Å²) in [6.07, 6.45) is 0. The van der Waals surface area contributed by atoms with E-state index in [1.54, 1.807) is 25.3 Å². The monoisotopic (exact) mass is 270 g/mol. The van der Waals surface area contributed by atoms with E-state index in [1.807, 2.05) is 6.92 Å². The normalized spacial score (nSPS) is 11.1. The lowest BCUT2D eigenvalue weighted by Gasteiger charge is -2.24. The number of likely N-dealkylation sites (N-methyl/N-ethyl adjacent to an activating group) is 1. The number of hydrogen-bond acceptors (Lipinski definition) is 5. The molecule has 0 aliphatic carbocycles. The average molecular weight is 270 g/mol. The first kappa shape index (κ1) is 14.7. The number of rotatable bonds is 5. The lowest BCUT2D eigenvalue weighted by atomic mass is 10.0. The molecule has 0 bridgehead atoms. The van der Waals surface area contributed by atoms with Crippen molar-refractivity contribution in [3.8, 4) is 0 Å². The van der Waals surface area contributed by atoms with Gasteiger partial charge in [-0.1, -0.05) is 6.92 Å². The highest BCUT2D eigenvalue weighted by atomic mass is 32.1. The Hall–Kier alpha value is -1.40. The van der Waals surface area contributed by atoms with Crippen LogP contribution in [0.2, 0.25) is 0 Å². The number of carbonyl (C=O) groups excluding carboxylic acids is 2. The second-order valence-electron chi connectivity index (χ2n) is 4.26. The van der Waals surface area contributed by atoms with Gasteiger partial charge in [0.1, 0.15) is 4.88 Å². The zero-order valence-corrected chi connectivity index (χ0v) is 11.8. The summed E-state index contributed by atoms with van der Waals surface area (Å²) in [7, 11) is 1.32. The molecule has 1 rings (SSSR count). The molecule has 100 valence electrons. The summed E-state index contributed by atoms with van der Waals surface area (Å²) in [5, 5.41) is 7.55. The molecule has 0 unspecified atom stereocenters. The second kappa shape index (κ2) is 5.97. The van der Waals surface area contributed by atoms with E-state index in [-0.39, 0.29) is 5.91 Å². The maximum absolute atomic E-state index is 12.1. The molecule has 0 radical (unpaired) electrons. The van der Waals surface area contributed by atoms with Gasteiger partial charge in [-0.3, -0.25) is 4.79 Å². The molecule has 1 aromatic heterocycles. The molecule has 0 spiro atoms. The molecule has 6 heteroatoms. The number of thiophene rings is 1. The number of amides is 1. The molecule has 5 nitrogen and oxygen atoms in total. The van der Waals surface area contributed by atoms with E-state index in [2.05, 4.69) is 15.4 Å². The molecular weight excluding hydrogens is 252 g/mol. The van der Waals surface area contributed by atoms with Crippen molar-refractivity contribution in [2.75, 3.05) is 19.0 Å². The number of ether oxygens (including phenoxy) is 1. The standard InChI is InChI=1S/C12H18N2O3S/c1-5-13-12(2,3)11(16)14-8-6-7-18-9(8)10(15)17-4/h6-7,13H,5H2,1-4H3,(H,14,16). The smallest absolute Gasteiger partial charge is 0.350 e. The molecule has 18 heavy (non-hydrogen) atoms. The van der Waals surface area contributed by atoms with E-state index in [4.69, 9.17) is 0 Å². The Kier molecular flexibility index (Phi) is 4.86. The first-order valence-electron chi connectivity index (χ1n) is 5.64. The summed E-state index contributed by atoms with van der Waals surface area (Å²) in [6.45, 7) is 6.19. The predicted molar refractivity (Wildman–Crippen MR) is 72.0 cm³/mol. The van der Waals surface area contributed by atoms with Gasteiger partial charge in [-0.25, -0.2) is 4.79 Å². The maximum Gasteiger partial charge on any atom is 0.350 e. The van der Waals surface area contributed by atoms with Crippen LogP contribution in [0.15, 0.2) is 11.4 Å². The van der Waals surface area contributed by atoms with Crippen LogP contribution in [-0.4, -0.2) is 31.1 Å². The van der Waals surface area contributed by atoms with Gasteiger partial charge in [0.25, 0.3) is 0 Å². The van der Waals surface area contributed by atoms with Crippen molar-refractivity contribution >= 4 is 28.9 Å². The minimum Gasteiger partial charge on any atom is -0.465 e. The zero-order valence-electron chi connectivity index (χ0n) is 11.0. The van der Waals surface area contributed by atoms with E-state index < -0.39 is 11.5 Å². The van der Waals surface area contributed by atoms with Crippen molar-refractivity contribution in [2.45, 2.75) is 26.3 Å². The van der Waals surface area contributed by atoms with Crippen molar-refractivity contribution in [3.05, 3.63) is 16.3 Å². The number of anilines is 1. The van der Waals surface area contributed by atoms with Gasteiger partial charge in [0.2, 0.25) is 5.91 Å². The Labute approximate surface area is 111 Å². The van der Waals surface area contributed by atoms with Crippen LogP contribution in [0.1, 0.15) is 30.4 Å². The van der Waals surface area contributed by atoms with E-state index in [0.29, 0.717) is 17.1 Å². The van der Waals surface area contributed by atoms with Gasteiger partial charge in [0, 0.05) is 0 Å². The van der Waals surface area contributed by atoms with Crippen molar-refractivity contribution in [1.82, 2.24) is 5.32 Å². The quantitative estimate of drug-likeness (QED) is 0.801. The number of hydrogen-bond donors (Lipinski definition) is 2. The number of carbonyl (C=O) groups is 2. The highest BCUT2D eigenvalue weighted by Gasteiger charge is 2.27. The van der Waals surface area contributed by atoms with Gasteiger partial charge in [0.15, 0.2) is 0 Å². The predicted octanol–water partition coefficient (Wildman–Crippen LogP) is 1.86. The summed E-state index contributed by atoms with van der Waals surface area (Å²) in [6, 6.07) is 1.69. The fourth-order valence-corrected chi connectivity index (χ4v) is 2.23. The third kappa shape index (κ3) is 3.30. The van der Waals surface area contributed by atoms with Gasteiger partial charge >= 0.3 is 5.97 Å². The zero-order chi connectivity index (χ0) is 13.8. The minimum atomic E-state index is -0.690. The lowest BCUT2D eigenvalue weighted by Crippen LogP contribution is -2.49. The number of esters is 1. The molecular formula is C12H18N2O3S. The fourth-order valence-electron chi connectivity index (χ4n) is 1.46. The van der Waals surface area contributed by atoms with Gasteiger partial charge in [-0.05, 0) is 31.8 Å². The molecule has 1 aromatic rings. The molecule has 0 aromatic carbocycles. The first-order chi connectivity index (χ1) is 8.42. The van der Waals surface area contributed by atoms with Crippen LogP contribution in [-0.2, 0) is 9.53 Å². The molecule has 0 saturated heterocycles. The van der Waals surface area contributed by atoms with Gasteiger partial charge < -0.3 is 15.4 Å². The van der Waals surface area contributed by atoms with E-state index in [9.17, 15) is 9.59 Å². The Balaban J connectivity index is 2.83. The molecule has 0 saturated carbocycles. The Morgan fingerprint density at radius 2 is 2.11 bits per heavy atom. The van der Waals surface area contributed by atoms with E-state index >= 15 is 0 Å². The topological polar surface area (TPSA) is 67.4 Å². The summed E-state index contributed by atoms with van der Waals surface area (Å²) >= 11 is 1.24. The number of methoxy groups -OCH3 is 1. The van der Waals surface area contributed by atoms with Crippen molar-refractivity contribution in [2.24, 2.45) is 0 Å². The van der Waals surface area contributed by atoms with Crippen LogP contribution in [0.3, 0.4) is 0 Å². The van der Waals surface area contributed by atoms with Gasteiger partial charge in [-0.2, -0.15) is 0 Å². The van der Waals surface area contributed by atoms with Crippen LogP contribution in [0.4, 0.5) is 5.69 Å². The van der Waals surface area contributed by atoms with Gasteiger partial charge in [-0.15, -0.1) is 11.3 Å². The Bertz CT molecular complexity index is 440. The second-order valence-corrected chi connectivity index (χ2v) is 5.18. The van der Waals surface area contributed by atoms with Gasteiger partial charge in [0.05, 0.1) is 18.3 Å². The number of nitrogens with one attached hydrogen (secondary N) is 2. The highest BCUT2D eigenvalue weighted by molar-refractivity contribution is 7.12. The largest absolute Gasteiger partial charge is 0.465 e. The van der Waals surface area contributed by atoms with Crippen molar-refractivity contribution in [3.63, 3.8) is 0 Å². The third-order valence-corrected chi connectivity index (χ3v) is 3.37. The minimum absolute atomic E-state index is 0.187. The maximum atomic E-state index is 12.1. The van der Waals surface area contributed by atoms with Crippen LogP contribution < -0.4 is 10.6 Å². The van der Waals surface area contributed by atoms with Crippen LogP contribution >= 0.6 is 11.3 Å². The summed E-state index contributed by atoms with van der Waals surface area (Å²) in [4.78, 5) is 23.9. The van der Waals surface area contributed by atoms with Crippen LogP contribution in [0, 0.1) is 0 Å². The highest BCUT2D eigenvalue weighted by Crippen LogP contribution is 2.24. The Morgan fingerprint density at radius 3 is 2.67 bits per heavy atom. The molecule has 0 atom stereocenters. The fraction of sp³-hybridized carbons (Fsp3) is 0.500. The average Bonchev–Trinajstić information content (AvgIpc) is 2.76. The molecule has 0 aliphatic rings. The third-order valence-electron chi connectivity index (χ3n) is 2.47.